The fourth-order valence-electron chi connectivity index (χ4n) is 5.08. The Balaban J connectivity index is 1.47. The van der Waals surface area contributed by atoms with E-state index < -0.39 is 24.0 Å². The molecule has 2 saturated heterocycles. The van der Waals surface area contributed by atoms with Crippen molar-refractivity contribution in [3.63, 3.8) is 0 Å². The number of benzene rings is 4. The number of phenolic OH excluding ortho intramolecular Hbond substituents is 1. The van der Waals surface area contributed by atoms with Gasteiger partial charge in [0.15, 0.2) is 17.6 Å². The van der Waals surface area contributed by atoms with Crippen LogP contribution in [0.4, 0.5) is 11.4 Å². The van der Waals surface area contributed by atoms with Crippen LogP contribution in [0.3, 0.4) is 0 Å². The Hall–Kier alpha value is -4.07. The summed E-state index contributed by atoms with van der Waals surface area (Å²) in [5.74, 6) is -1.36. The molecule has 0 bridgehead atoms. The number of nitrogens with zero attached hydrogens (tertiary/aromatic N) is 2. The van der Waals surface area contributed by atoms with E-state index in [-0.39, 0.29) is 17.4 Å². The molecule has 0 aromatic heterocycles. The molecule has 0 unspecified atom stereocenters. The maximum Gasteiger partial charge on any atom is 0.266 e. The molecule has 2 aliphatic heterocycles. The minimum absolute atomic E-state index is 0.0269. The number of methoxy groups -OCH3 is 1. The minimum atomic E-state index is -1.02. The van der Waals surface area contributed by atoms with Gasteiger partial charge in [-0.1, -0.05) is 54.1 Å². The SMILES string of the molecule is COc1cc([C@@H]2[C@H]3C(=O)N(c4cccc5ccccc45)C(=O)[C@H]3ON2c2ccc(Cl)cc2)ccc1O. The third-order valence-corrected chi connectivity index (χ3v) is 7.00. The summed E-state index contributed by atoms with van der Waals surface area (Å²) < 4.78 is 5.31. The van der Waals surface area contributed by atoms with Gasteiger partial charge in [-0.2, -0.15) is 0 Å². The predicted molar refractivity (Wildman–Crippen MR) is 136 cm³/mol. The molecule has 0 saturated carbocycles. The molecule has 0 aliphatic carbocycles. The number of hydrogen-bond donors (Lipinski definition) is 1. The number of hydroxylamine groups is 1. The van der Waals surface area contributed by atoms with Crippen LogP contribution < -0.4 is 14.7 Å². The van der Waals surface area contributed by atoms with Gasteiger partial charge in [-0.3, -0.25) is 14.4 Å². The lowest BCUT2D eigenvalue weighted by atomic mass is 9.90. The molecule has 2 amide bonds. The van der Waals surface area contributed by atoms with Gasteiger partial charge in [0.1, 0.15) is 5.92 Å². The van der Waals surface area contributed by atoms with Crippen LogP contribution >= 0.6 is 11.6 Å². The first kappa shape index (κ1) is 22.4. The van der Waals surface area contributed by atoms with Gasteiger partial charge < -0.3 is 9.84 Å². The lowest BCUT2D eigenvalue weighted by Crippen LogP contribution is -2.37. The van der Waals surface area contributed by atoms with Gasteiger partial charge in [0.05, 0.1) is 24.5 Å². The van der Waals surface area contributed by atoms with E-state index in [1.165, 1.54) is 18.1 Å². The third-order valence-electron chi connectivity index (χ3n) is 6.75. The molecule has 2 heterocycles. The Morgan fingerprint density at radius 2 is 1.67 bits per heavy atom. The summed E-state index contributed by atoms with van der Waals surface area (Å²) in [5.41, 5.74) is 1.83. The molecule has 2 aliphatic rings. The number of imide groups is 1. The van der Waals surface area contributed by atoms with Gasteiger partial charge in [-0.25, -0.2) is 9.96 Å². The van der Waals surface area contributed by atoms with Crippen LogP contribution in [0.15, 0.2) is 84.9 Å². The summed E-state index contributed by atoms with van der Waals surface area (Å²) >= 11 is 6.09. The van der Waals surface area contributed by atoms with E-state index in [0.717, 1.165) is 10.8 Å². The summed E-state index contributed by atoms with van der Waals surface area (Å²) in [5, 5.41) is 14.0. The monoisotopic (exact) mass is 500 g/mol. The number of aromatic hydroxyl groups is 1. The van der Waals surface area contributed by atoms with Gasteiger partial charge in [-0.15, -0.1) is 0 Å². The van der Waals surface area contributed by atoms with Crippen molar-refractivity contribution in [1.29, 1.82) is 0 Å². The number of ether oxygens (including phenoxy) is 1. The Bertz CT molecular complexity index is 1500. The zero-order valence-corrected chi connectivity index (χ0v) is 19.9. The molecule has 36 heavy (non-hydrogen) atoms. The second-order valence-corrected chi connectivity index (χ2v) is 9.18. The van der Waals surface area contributed by atoms with E-state index in [1.807, 2.05) is 36.4 Å². The number of anilines is 2. The topological polar surface area (TPSA) is 79.3 Å². The van der Waals surface area contributed by atoms with Crippen molar-refractivity contribution >= 4 is 45.6 Å². The van der Waals surface area contributed by atoms with Crippen molar-refractivity contribution in [3.05, 3.63) is 95.5 Å². The highest BCUT2D eigenvalue weighted by Gasteiger charge is 2.60. The summed E-state index contributed by atoms with van der Waals surface area (Å²) in [6, 6.07) is 24.4. The second-order valence-electron chi connectivity index (χ2n) is 8.74. The van der Waals surface area contributed by atoms with Crippen molar-refractivity contribution in [3.8, 4) is 11.5 Å². The van der Waals surface area contributed by atoms with Gasteiger partial charge in [0, 0.05) is 10.4 Å². The summed E-state index contributed by atoms with van der Waals surface area (Å²) in [6.07, 6.45) is -1.02. The highest BCUT2D eigenvalue weighted by molar-refractivity contribution is 6.30. The first-order valence-electron chi connectivity index (χ1n) is 11.4. The van der Waals surface area contributed by atoms with Crippen molar-refractivity contribution in [2.75, 3.05) is 17.1 Å². The fourth-order valence-corrected chi connectivity index (χ4v) is 5.21. The Labute approximate surface area is 212 Å². The van der Waals surface area contributed by atoms with Crippen LogP contribution in [0.1, 0.15) is 11.6 Å². The molecule has 1 N–H and O–H groups in total. The largest absolute Gasteiger partial charge is 0.504 e. The zero-order chi connectivity index (χ0) is 25.0. The van der Waals surface area contributed by atoms with Gasteiger partial charge in [0.25, 0.3) is 5.91 Å². The van der Waals surface area contributed by atoms with Crippen molar-refractivity contribution in [1.82, 2.24) is 0 Å². The van der Waals surface area contributed by atoms with Crippen LogP contribution in [0.2, 0.25) is 5.02 Å². The number of amides is 2. The number of hydrogen-bond acceptors (Lipinski definition) is 6. The van der Waals surface area contributed by atoms with E-state index in [2.05, 4.69) is 0 Å². The summed E-state index contributed by atoms with van der Waals surface area (Å²) in [7, 11) is 1.45. The molecule has 0 spiro atoms. The number of fused-ring (bicyclic) bond motifs is 2. The standard InChI is InChI=1S/C28H21ClN2O5/c1-35-23-15-17(9-14-22(23)32)25-24-26(36-31(25)19-12-10-18(29)11-13-19)28(34)30(27(24)33)21-8-4-6-16-5-2-3-7-20(16)21/h2-15,24-26,32H,1H3/t24-,25-,26+/m1/s1. The first-order valence-corrected chi connectivity index (χ1v) is 11.8. The van der Waals surface area contributed by atoms with Crippen LogP contribution in [0, 0.1) is 5.92 Å². The number of halogens is 1. The maximum atomic E-state index is 14.0. The molecule has 180 valence electrons. The van der Waals surface area contributed by atoms with Crippen LogP contribution in [0.25, 0.3) is 10.8 Å². The number of rotatable bonds is 4. The maximum absolute atomic E-state index is 14.0. The van der Waals surface area contributed by atoms with E-state index in [9.17, 15) is 14.7 Å². The summed E-state index contributed by atoms with van der Waals surface area (Å²) in [6.45, 7) is 0. The number of carbonyl (C=O) groups excluding carboxylic acids is 2. The van der Waals surface area contributed by atoms with E-state index in [0.29, 0.717) is 22.0 Å². The number of carbonyl (C=O) groups is 2. The Morgan fingerprint density at radius 3 is 2.44 bits per heavy atom. The minimum Gasteiger partial charge on any atom is -0.504 e. The molecule has 4 aromatic rings. The van der Waals surface area contributed by atoms with Crippen molar-refractivity contribution in [2.45, 2.75) is 12.1 Å². The normalized spacial score (nSPS) is 21.3. The van der Waals surface area contributed by atoms with Crippen LogP contribution in [-0.2, 0) is 14.4 Å². The van der Waals surface area contributed by atoms with Gasteiger partial charge in [-0.05, 0) is 53.4 Å². The molecule has 7 nitrogen and oxygen atoms in total. The summed E-state index contributed by atoms with van der Waals surface area (Å²) in [4.78, 5) is 35.1. The zero-order valence-electron chi connectivity index (χ0n) is 19.2. The molecular weight excluding hydrogens is 480 g/mol. The number of phenols is 1. The van der Waals surface area contributed by atoms with Crippen LogP contribution in [0.5, 0.6) is 11.5 Å². The molecular formula is C28H21ClN2O5. The third kappa shape index (κ3) is 3.39. The Morgan fingerprint density at radius 1 is 0.917 bits per heavy atom. The quantitative estimate of drug-likeness (QED) is 0.385. The first-order chi connectivity index (χ1) is 17.5. The van der Waals surface area contributed by atoms with Gasteiger partial charge in [0.2, 0.25) is 5.91 Å². The van der Waals surface area contributed by atoms with E-state index in [4.69, 9.17) is 21.2 Å². The molecule has 2 fully saturated rings. The smallest absolute Gasteiger partial charge is 0.266 e. The van der Waals surface area contributed by atoms with Crippen molar-refractivity contribution in [2.24, 2.45) is 5.92 Å². The average molecular weight is 501 g/mol. The van der Waals surface area contributed by atoms with E-state index >= 15 is 0 Å². The molecule has 6 rings (SSSR count). The fraction of sp³-hybridized carbons (Fsp3) is 0.143. The molecule has 8 heteroatoms. The highest BCUT2D eigenvalue weighted by Crippen LogP contribution is 2.49. The molecule has 4 aromatic carbocycles. The van der Waals surface area contributed by atoms with Gasteiger partial charge >= 0.3 is 0 Å². The second kappa shape index (κ2) is 8.55. The predicted octanol–water partition coefficient (Wildman–Crippen LogP) is 5.26. The highest BCUT2D eigenvalue weighted by atomic mass is 35.5. The lowest BCUT2D eigenvalue weighted by Gasteiger charge is -2.29. The van der Waals surface area contributed by atoms with Crippen molar-refractivity contribution < 1.29 is 24.3 Å². The van der Waals surface area contributed by atoms with E-state index in [1.54, 1.807) is 47.5 Å². The average Bonchev–Trinajstić information content (AvgIpc) is 3.40. The Kier molecular flexibility index (Phi) is 5.32. The molecule has 0 radical (unpaired) electrons. The van der Waals surface area contributed by atoms with Crippen LogP contribution in [-0.4, -0.2) is 30.1 Å². The molecule has 3 atom stereocenters. The lowest BCUT2D eigenvalue weighted by molar-refractivity contribution is -0.126.